The van der Waals surface area contributed by atoms with Crippen LogP contribution in [0.5, 0.6) is 0 Å². The van der Waals surface area contributed by atoms with E-state index in [2.05, 4.69) is 5.32 Å². The normalized spacial score (nSPS) is 30.5. The number of sulfone groups is 1. The Bertz CT molecular complexity index is 364. The molecule has 1 rings (SSSR count). The fourth-order valence-corrected chi connectivity index (χ4v) is 3.52. The molecule has 0 aromatic heterocycles. The summed E-state index contributed by atoms with van der Waals surface area (Å²) in [5.41, 5.74) is 0. The minimum Gasteiger partial charge on any atom is -0.480 e. The van der Waals surface area contributed by atoms with Gasteiger partial charge >= 0.3 is 5.97 Å². The highest BCUT2D eigenvalue weighted by molar-refractivity contribution is 7.91. The van der Waals surface area contributed by atoms with Crippen LogP contribution in [-0.4, -0.2) is 54.3 Å². The highest BCUT2D eigenvalue weighted by atomic mass is 32.2. The Morgan fingerprint density at radius 1 is 1.38 bits per heavy atom. The lowest BCUT2D eigenvalue weighted by Crippen LogP contribution is -2.50. The van der Waals surface area contributed by atoms with Crippen LogP contribution in [0.4, 0.5) is 0 Å². The molecule has 0 radical (unpaired) electrons. The maximum Gasteiger partial charge on any atom is 0.320 e. The lowest BCUT2D eigenvalue weighted by Gasteiger charge is -2.23. The second kappa shape index (κ2) is 4.68. The Morgan fingerprint density at radius 3 is 2.25 bits per heavy atom. The van der Waals surface area contributed by atoms with Crippen LogP contribution >= 0.6 is 0 Å². The summed E-state index contributed by atoms with van der Waals surface area (Å²) in [4.78, 5) is 10.9. The minimum absolute atomic E-state index is 0.173. The number of nitrogens with one attached hydrogen (secondary N) is 1. The monoisotopic (exact) mass is 251 g/mol. The second-order valence-electron chi connectivity index (χ2n) is 4.48. The molecular formula is C9H17NO5S. The molecule has 3 atom stereocenters. The average Bonchev–Trinajstić information content (AvgIpc) is 2.34. The van der Waals surface area contributed by atoms with Gasteiger partial charge in [-0.1, -0.05) is 13.8 Å². The van der Waals surface area contributed by atoms with E-state index < -0.39 is 34.0 Å². The first kappa shape index (κ1) is 13.4. The molecule has 16 heavy (non-hydrogen) atoms. The molecule has 0 bridgehead atoms. The molecule has 0 amide bonds. The Kier molecular flexibility index (Phi) is 3.92. The fraction of sp³-hybridized carbons (Fsp3) is 0.889. The van der Waals surface area contributed by atoms with E-state index in [1.54, 1.807) is 13.8 Å². The topological polar surface area (TPSA) is 104 Å². The van der Waals surface area contributed by atoms with Gasteiger partial charge in [-0.2, -0.15) is 0 Å². The summed E-state index contributed by atoms with van der Waals surface area (Å²) in [6.45, 7) is 3.45. The van der Waals surface area contributed by atoms with Crippen LogP contribution in [-0.2, 0) is 14.6 Å². The summed E-state index contributed by atoms with van der Waals surface area (Å²) in [5, 5.41) is 21.1. The van der Waals surface area contributed by atoms with Crippen LogP contribution in [0.2, 0.25) is 0 Å². The molecule has 0 aromatic carbocycles. The van der Waals surface area contributed by atoms with E-state index >= 15 is 0 Å². The standard InChI is InChI=1S/C9H17NO5S/c1-5(2)8(9(12)13)10-6-3-16(14,15)4-7(6)11/h5-8,10-11H,3-4H2,1-2H3,(H,12,13). The molecule has 1 saturated heterocycles. The highest BCUT2D eigenvalue weighted by Crippen LogP contribution is 2.14. The van der Waals surface area contributed by atoms with Crippen molar-refractivity contribution in [1.82, 2.24) is 5.32 Å². The van der Waals surface area contributed by atoms with Gasteiger partial charge < -0.3 is 10.2 Å². The molecule has 1 aliphatic rings. The second-order valence-corrected chi connectivity index (χ2v) is 6.63. The van der Waals surface area contributed by atoms with Gasteiger partial charge in [0.1, 0.15) is 6.04 Å². The minimum atomic E-state index is -3.25. The molecule has 1 heterocycles. The Balaban J connectivity index is 2.70. The van der Waals surface area contributed by atoms with E-state index in [0.717, 1.165) is 0 Å². The van der Waals surface area contributed by atoms with E-state index in [1.807, 2.05) is 0 Å². The zero-order valence-electron chi connectivity index (χ0n) is 9.25. The molecular weight excluding hydrogens is 234 g/mol. The van der Waals surface area contributed by atoms with Crippen molar-refractivity contribution >= 4 is 15.8 Å². The number of carboxylic acids is 1. The predicted octanol–water partition coefficient (Wildman–Crippen LogP) is -1.16. The number of aliphatic hydroxyl groups is 1. The Morgan fingerprint density at radius 2 is 1.94 bits per heavy atom. The van der Waals surface area contributed by atoms with Crippen LogP contribution in [0.1, 0.15) is 13.8 Å². The first-order valence-electron chi connectivity index (χ1n) is 5.10. The Hall–Kier alpha value is -0.660. The maximum atomic E-state index is 11.2. The van der Waals surface area contributed by atoms with Gasteiger partial charge in [-0.15, -0.1) is 0 Å². The van der Waals surface area contributed by atoms with Gasteiger partial charge in [-0.3, -0.25) is 10.1 Å². The van der Waals surface area contributed by atoms with Crippen LogP contribution in [0.15, 0.2) is 0 Å². The van der Waals surface area contributed by atoms with Gasteiger partial charge in [-0.05, 0) is 5.92 Å². The molecule has 1 fully saturated rings. The first-order valence-corrected chi connectivity index (χ1v) is 6.92. The van der Waals surface area contributed by atoms with E-state index in [9.17, 15) is 18.3 Å². The van der Waals surface area contributed by atoms with Crippen molar-refractivity contribution in [3.63, 3.8) is 0 Å². The summed E-state index contributed by atoms with van der Waals surface area (Å²) in [6.07, 6.45) is -1.02. The largest absolute Gasteiger partial charge is 0.480 e. The molecule has 0 saturated carbocycles. The molecule has 94 valence electrons. The van der Waals surface area contributed by atoms with Crippen molar-refractivity contribution < 1.29 is 23.4 Å². The summed E-state index contributed by atoms with van der Waals surface area (Å²) in [6, 6.07) is -1.53. The van der Waals surface area contributed by atoms with Crippen molar-refractivity contribution in [1.29, 1.82) is 0 Å². The zero-order chi connectivity index (χ0) is 12.5. The van der Waals surface area contributed by atoms with Crippen LogP contribution < -0.4 is 5.32 Å². The highest BCUT2D eigenvalue weighted by Gasteiger charge is 2.39. The quantitative estimate of drug-likeness (QED) is 0.582. The van der Waals surface area contributed by atoms with E-state index in [1.165, 1.54) is 0 Å². The molecule has 0 aliphatic carbocycles. The van der Waals surface area contributed by atoms with Gasteiger partial charge in [0, 0.05) is 6.04 Å². The zero-order valence-corrected chi connectivity index (χ0v) is 10.1. The summed E-state index contributed by atoms with van der Waals surface area (Å²) >= 11 is 0. The molecule has 6 nitrogen and oxygen atoms in total. The number of hydrogen-bond donors (Lipinski definition) is 3. The molecule has 0 aromatic rings. The van der Waals surface area contributed by atoms with E-state index in [4.69, 9.17) is 5.11 Å². The molecule has 0 spiro atoms. The summed E-state index contributed by atoms with van der Waals surface area (Å²) in [5.74, 6) is -1.71. The summed E-state index contributed by atoms with van der Waals surface area (Å²) in [7, 11) is -3.25. The van der Waals surface area contributed by atoms with Gasteiger partial charge in [-0.25, -0.2) is 8.42 Å². The lowest BCUT2D eigenvalue weighted by atomic mass is 10.0. The molecule has 7 heteroatoms. The number of carboxylic acid groups (broad SMARTS) is 1. The predicted molar refractivity (Wildman–Crippen MR) is 57.8 cm³/mol. The van der Waals surface area contributed by atoms with Crippen molar-refractivity contribution in [3.05, 3.63) is 0 Å². The van der Waals surface area contributed by atoms with E-state index in [0.29, 0.717) is 0 Å². The number of aliphatic carboxylic acids is 1. The summed E-state index contributed by atoms with van der Waals surface area (Å²) < 4.78 is 22.5. The van der Waals surface area contributed by atoms with Crippen molar-refractivity contribution in [2.45, 2.75) is 32.0 Å². The average molecular weight is 251 g/mol. The molecule has 3 N–H and O–H groups in total. The van der Waals surface area contributed by atoms with Crippen LogP contribution in [0, 0.1) is 5.92 Å². The fourth-order valence-electron chi connectivity index (χ4n) is 1.77. The third-order valence-electron chi connectivity index (χ3n) is 2.65. The Labute approximate surface area is 94.6 Å². The van der Waals surface area contributed by atoms with Crippen molar-refractivity contribution in [2.75, 3.05) is 11.5 Å². The molecule has 3 unspecified atom stereocenters. The third-order valence-corrected chi connectivity index (χ3v) is 4.37. The number of hydrogen-bond acceptors (Lipinski definition) is 5. The first-order chi connectivity index (χ1) is 7.23. The van der Waals surface area contributed by atoms with Gasteiger partial charge in [0.25, 0.3) is 0 Å². The van der Waals surface area contributed by atoms with Crippen LogP contribution in [0.25, 0.3) is 0 Å². The van der Waals surface area contributed by atoms with Crippen LogP contribution in [0.3, 0.4) is 0 Å². The SMILES string of the molecule is CC(C)C(NC1CS(=O)(=O)CC1O)C(=O)O. The van der Waals surface area contributed by atoms with Crippen molar-refractivity contribution in [3.8, 4) is 0 Å². The lowest BCUT2D eigenvalue weighted by molar-refractivity contribution is -0.141. The van der Waals surface area contributed by atoms with Gasteiger partial charge in [0.05, 0.1) is 17.6 Å². The van der Waals surface area contributed by atoms with E-state index in [-0.39, 0.29) is 17.4 Å². The number of aliphatic hydroxyl groups excluding tert-OH is 1. The smallest absolute Gasteiger partial charge is 0.320 e. The third kappa shape index (κ3) is 3.16. The number of carbonyl (C=O) groups is 1. The maximum absolute atomic E-state index is 11.2. The van der Waals surface area contributed by atoms with Gasteiger partial charge in [0.15, 0.2) is 9.84 Å². The van der Waals surface area contributed by atoms with Crippen molar-refractivity contribution in [2.24, 2.45) is 5.92 Å². The molecule has 1 aliphatic heterocycles. The number of rotatable bonds is 4. The van der Waals surface area contributed by atoms with Gasteiger partial charge in [0.2, 0.25) is 0 Å².